The topological polar surface area (TPSA) is 49.4 Å². The number of fused-ring (bicyclic) bond motifs is 3. The first kappa shape index (κ1) is 16.7. The minimum atomic E-state index is -4.13. The summed E-state index contributed by atoms with van der Waals surface area (Å²) in [6.45, 7) is 1.28. The zero-order valence-corrected chi connectivity index (χ0v) is 13.3. The van der Waals surface area contributed by atoms with Gasteiger partial charge in [0, 0.05) is 24.7 Å². The molecule has 1 aromatic carbocycles. The molecule has 0 saturated carbocycles. The molecule has 8 heteroatoms. The Morgan fingerprint density at radius 3 is 2.74 bits per heavy atom. The van der Waals surface area contributed by atoms with Crippen molar-refractivity contribution in [2.24, 2.45) is 5.92 Å². The monoisotopic (exact) mass is 348 g/mol. The van der Waals surface area contributed by atoms with Crippen molar-refractivity contribution in [2.45, 2.75) is 36.6 Å². The average molecular weight is 348 g/mol. The molecule has 0 radical (unpaired) electrons. The molecular formula is C15H19F3N2O2S. The van der Waals surface area contributed by atoms with E-state index in [1.54, 1.807) is 0 Å². The highest BCUT2D eigenvalue weighted by molar-refractivity contribution is 7.89. The van der Waals surface area contributed by atoms with Crippen molar-refractivity contribution in [3.63, 3.8) is 0 Å². The van der Waals surface area contributed by atoms with Crippen molar-refractivity contribution in [1.29, 1.82) is 0 Å². The molecule has 0 spiro atoms. The van der Waals surface area contributed by atoms with E-state index < -0.39 is 32.7 Å². The van der Waals surface area contributed by atoms with E-state index in [1.807, 2.05) is 0 Å². The number of hydrogen-bond acceptors (Lipinski definition) is 3. The maximum atomic E-state index is 14.0. The van der Waals surface area contributed by atoms with Crippen molar-refractivity contribution in [2.75, 3.05) is 19.6 Å². The summed E-state index contributed by atoms with van der Waals surface area (Å²) in [5.41, 5.74) is -0.488. The lowest BCUT2D eigenvalue weighted by Gasteiger charge is -2.27. The first-order valence-electron chi connectivity index (χ1n) is 7.69. The first-order chi connectivity index (χ1) is 10.9. The molecule has 4 nitrogen and oxygen atoms in total. The van der Waals surface area contributed by atoms with Gasteiger partial charge in [-0.3, -0.25) is 0 Å². The van der Waals surface area contributed by atoms with Gasteiger partial charge in [0.05, 0.1) is 0 Å². The third kappa shape index (κ3) is 3.39. The van der Waals surface area contributed by atoms with Crippen molar-refractivity contribution in [3.8, 4) is 0 Å². The number of nitrogens with zero attached hydrogens (tertiary/aromatic N) is 1. The van der Waals surface area contributed by atoms with E-state index in [4.69, 9.17) is 0 Å². The standard InChI is InChI=1S/C15H19F3N2O2S/c16-13-5-4-11(15(17)18)6-14(13)23(21,22)20-8-10-2-1-3-12(9-20)19-7-10/h4-6,10,12,15,19H,1-3,7-9H2. The molecule has 2 atom stereocenters. The van der Waals surface area contributed by atoms with E-state index in [-0.39, 0.29) is 18.5 Å². The fourth-order valence-corrected chi connectivity index (χ4v) is 4.96. The van der Waals surface area contributed by atoms with Crippen LogP contribution in [0.4, 0.5) is 13.2 Å². The summed E-state index contributed by atoms with van der Waals surface area (Å²) in [7, 11) is -4.13. The Morgan fingerprint density at radius 2 is 2.00 bits per heavy atom. The summed E-state index contributed by atoms with van der Waals surface area (Å²) in [4.78, 5) is -0.657. The number of nitrogens with one attached hydrogen (secondary N) is 1. The van der Waals surface area contributed by atoms with Crippen LogP contribution >= 0.6 is 0 Å². The molecule has 1 aromatic rings. The van der Waals surface area contributed by atoms with E-state index in [0.29, 0.717) is 6.54 Å². The molecule has 0 aromatic heterocycles. The number of halogens is 3. The SMILES string of the molecule is O=S(=O)(c1cc(C(F)F)ccc1F)N1CC2CCCC(C1)NC2. The lowest BCUT2D eigenvalue weighted by atomic mass is 10.0. The lowest BCUT2D eigenvalue weighted by molar-refractivity contribution is 0.151. The lowest BCUT2D eigenvalue weighted by Crippen LogP contribution is -2.41. The Labute approximate surface area is 133 Å². The van der Waals surface area contributed by atoms with Crippen LogP contribution in [0.1, 0.15) is 31.3 Å². The van der Waals surface area contributed by atoms with Gasteiger partial charge in [-0.15, -0.1) is 0 Å². The van der Waals surface area contributed by atoms with Crippen LogP contribution in [0, 0.1) is 11.7 Å². The van der Waals surface area contributed by atoms with Crippen LogP contribution in [0.25, 0.3) is 0 Å². The van der Waals surface area contributed by atoms with E-state index in [1.165, 1.54) is 4.31 Å². The Morgan fingerprint density at radius 1 is 1.22 bits per heavy atom. The zero-order chi connectivity index (χ0) is 16.6. The van der Waals surface area contributed by atoms with E-state index in [9.17, 15) is 21.6 Å². The predicted octanol–water partition coefficient (Wildman–Crippen LogP) is 2.53. The molecule has 1 N–H and O–H groups in total. The fraction of sp³-hybridized carbons (Fsp3) is 0.600. The summed E-state index contributed by atoms with van der Waals surface area (Å²) in [5.74, 6) is -0.824. The molecule has 2 fully saturated rings. The van der Waals surface area contributed by atoms with E-state index in [0.717, 1.165) is 44.0 Å². The van der Waals surface area contributed by atoms with Gasteiger partial charge in [-0.2, -0.15) is 4.31 Å². The molecule has 2 saturated heterocycles. The summed E-state index contributed by atoms with van der Waals surface area (Å²) in [5, 5.41) is 3.32. The summed E-state index contributed by atoms with van der Waals surface area (Å²) in [6.07, 6.45) is -0.0301. The molecule has 3 rings (SSSR count). The number of rotatable bonds is 3. The molecule has 128 valence electrons. The smallest absolute Gasteiger partial charge is 0.263 e. The van der Waals surface area contributed by atoms with Gasteiger partial charge in [0.1, 0.15) is 10.7 Å². The van der Waals surface area contributed by atoms with Crippen LogP contribution < -0.4 is 5.32 Å². The first-order valence-corrected chi connectivity index (χ1v) is 9.13. The quantitative estimate of drug-likeness (QED) is 0.913. The second-order valence-electron chi connectivity index (χ2n) is 6.21. The van der Waals surface area contributed by atoms with Crippen LogP contribution in [0.2, 0.25) is 0 Å². The van der Waals surface area contributed by atoms with Crippen LogP contribution in [0.5, 0.6) is 0 Å². The van der Waals surface area contributed by atoms with Crippen LogP contribution in [-0.2, 0) is 10.0 Å². The van der Waals surface area contributed by atoms with Crippen molar-refractivity contribution in [3.05, 3.63) is 29.6 Å². The molecule has 2 aliphatic heterocycles. The largest absolute Gasteiger partial charge is 0.312 e. The average Bonchev–Trinajstić information content (AvgIpc) is 2.81. The maximum absolute atomic E-state index is 14.0. The normalized spacial score (nSPS) is 26.3. The molecule has 2 bridgehead atoms. The van der Waals surface area contributed by atoms with E-state index in [2.05, 4.69) is 5.32 Å². The van der Waals surface area contributed by atoms with Crippen LogP contribution in [-0.4, -0.2) is 38.4 Å². The second kappa shape index (κ2) is 6.41. The van der Waals surface area contributed by atoms with Crippen LogP contribution in [0.3, 0.4) is 0 Å². The molecular weight excluding hydrogens is 329 g/mol. The maximum Gasteiger partial charge on any atom is 0.263 e. The third-order valence-corrected chi connectivity index (χ3v) is 6.42. The Bertz CT molecular complexity index is 667. The summed E-state index contributed by atoms with van der Waals surface area (Å²) in [6, 6.07) is 2.49. The molecule has 2 heterocycles. The number of alkyl halides is 2. The zero-order valence-electron chi connectivity index (χ0n) is 12.5. The highest BCUT2D eigenvalue weighted by Gasteiger charge is 2.35. The molecule has 0 aliphatic carbocycles. The van der Waals surface area contributed by atoms with Gasteiger partial charge in [0.25, 0.3) is 6.43 Å². The molecule has 0 amide bonds. The highest BCUT2D eigenvalue weighted by atomic mass is 32.2. The Balaban J connectivity index is 1.96. The van der Waals surface area contributed by atoms with Crippen molar-refractivity contribution < 1.29 is 21.6 Å². The number of sulfonamides is 1. The predicted molar refractivity (Wildman–Crippen MR) is 79.2 cm³/mol. The molecule has 2 unspecified atom stereocenters. The summed E-state index contributed by atoms with van der Waals surface area (Å²) >= 11 is 0. The minimum Gasteiger partial charge on any atom is -0.312 e. The van der Waals surface area contributed by atoms with Gasteiger partial charge >= 0.3 is 0 Å². The van der Waals surface area contributed by atoms with Gasteiger partial charge in [-0.1, -0.05) is 12.5 Å². The van der Waals surface area contributed by atoms with Gasteiger partial charge in [-0.05, 0) is 37.4 Å². The van der Waals surface area contributed by atoms with Crippen molar-refractivity contribution >= 4 is 10.0 Å². The van der Waals surface area contributed by atoms with E-state index >= 15 is 0 Å². The Hall–Kier alpha value is -1.12. The van der Waals surface area contributed by atoms with Gasteiger partial charge in [0.2, 0.25) is 10.0 Å². The summed E-state index contributed by atoms with van der Waals surface area (Å²) < 4.78 is 66.5. The van der Waals surface area contributed by atoms with Crippen molar-refractivity contribution in [1.82, 2.24) is 9.62 Å². The van der Waals surface area contributed by atoms with Gasteiger partial charge in [0.15, 0.2) is 0 Å². The number of benzene rings is 1. The van der Waals surface area contributed by atoms with Crippen LogP contribution in [0.15, 0.2) is 23.1 Å². The molecule has 23 heavy (non-hydrogen) atoms. The Kier molecular flexibility index (Phi) is 4.66. The minimum absolute atomic E-state index is 0.0265. The second-order valence-corrected chi connectivity index (χ2v) is 8.12. The van der Waals surface area contributed by atoms with Gasteiger partial charge < -0.3 is 5.32 Å². The highest BCUT2D eigenvalue weighted by Crippen LogP contribution is 2.29. The number of hydrogen-bond donors (Lipinski definition) is 1. The molecule has 2 aliphatic rings. The fourth-order valence-electron chi connectivity index (χ4n) is 3.30. The third-order valence-electron chi connectivity index (χ3n) is 4.57. The van der Waals surface area contributed by atoms with Gasteiger partial charge in [-0.25, -0.2) is 21.6 Å².